The standard InChI is InChI=1S/C13H27N3S/c1-3-13-10-16(8-7-15(13)2)6-4-12-11-17-9-5-14-12/h12-14H,3-11H2,1-2H3. The summed E-state index contributed by atoms with van der Waals surface area (Å²) in [5, 5.41) is 3.63. The molecule has 17 heavy (non-hydrogen) atoms. The van der Waals surface area contributed by atoms with Crippen LogP contribution in [-0.2, 0) is 0 Å². The lowest BCUT2D eigenvalue weighted by atomic mass is 10.1. The summed E-state index contributed by atoms with van der Waals surface area (Å²) in [5.41, 5.74) is 0. The molecule has 1 N–H and O–H groups in total. The van der Waals surface area contributed by atoms with E-state index in [-0.39, 0.29) is 0 Å². The summed E-state index contributed by atoms with van der Waals surface area (Å²) in [7, 11) is 2.27. The van der Waals surface area contributed by atoms with Gasteiger partial charge < -0.3 is 15.1 Å². The Balaban J connectivity index is 1.68. The van der Waals surface area contributed by atoms with Crippen LogP contribution in [-0.4, -0.2) is 73.2 Å². The first-order valence-corrected chi connectivity index (χ1v) is 8.18. The van der Waals surface area contributed by atoms with Crippen LogP contribution in [0.15, 0.2) is 0 Å². The lowest BCUT2D eigenvalue weighted by molar-refractivity contribution is 0.0907. The molecule has 2 saturated heterocycles. The number of nitrogens with zero attached hydrogens (tertiary/aromatic N) is 2. The zero-order chi connectivity index (χ0) is 12.1. The van der Waals surface area contributed by atoms with E-state index in [1.165, 1.54) is 57.1 Å². The second-order valence-electron chi connectivity index (χ2n) is 5.36. The molecular weight excluding hydrogens is 230 g/mol. The van der Waals surface area contributed by atoms with E-state index in [1.807, 2.05) is 0 Å². The van der Waals surface area contributed by atoms with Crippen LogP contribution in [0.1, 0.15) is 19.8 Å². The number of piperazine rings is 1. The number of thioether (sulfide) groups is 1. The van der Waals surface area contributed by atoms with Crippen LogP contribution in [0.3, 0.4) is 0 Å². The van der Waals surface area contributed by atoms with Crippen molar-refractivity contribution in [3.8, 4) is 0 Å². The van der Waals surface area contributed by atoms with Crippen molar-refractivity contribution in [3.63, 3.8) is 0 Å². The first kappa shape index (κ1) is 13.7. The predicted molar refractivity (Wildman–Crippen MR) is 76.9 cm³/mol. The Labute approximate surface area is 110 Å². The molecule has 0 saturated carbocycles. The van der Waals surface area contributed by atoms with Gasteiger partial charge in [0.05, 0.1) is 0 Å². The van der Waals surface area contributed by atoms with Gasteiger partial charge >= 0.3 is 0 Å². The van der Waals surface area contributed by atoms with Crippen LogP contribution in [0.4, 0.5) is 0 Å². The van der Waals surface area contributed by atoms with Gasteiger partial charge in [-0.05, 0) is 26.4 Å². The summed E-state index contributed by atoms with van der Waals surface area (Å²) in [6.07, 6.45) is 2.61. The second kappa shape index (κ2) is 6.98. The molecule has 2 heterocycles. The smallest absolute Gasteiger partial charge is 0.0218 e. The molecule has 3 nitrogen and oxygen atoms in total. The molecule has 2 atom stereocenters. The van der Waals surface area contributed by atoms with Gasteiger partial charge in [0, 0.05) is 49.8 Å². The average Bonchev–Trinajstić information content (AvgIpc) is 2.39. The van der Waals surface area contributed by atoms with Crippen molar-refractivity contribution in [3.05, 3.63) is 0 Å². The van der Waals surface area contributed by atoms with E-state index in [9.17, 15) is 0 Å². The van der Waals surface area contributed by atoms with Crippen molar-refractivity contribution in [1.82, 2.24) is 15.1 Å². The van der Waals surface area contributed by atoms with Gasteiger partial charge in [-0.1, -0.05) is 6.92 Å². The maximum Gasteiger partial charge on any atom is 0.0218 e. The molecule has 0 aliphatic carbocycles. The Kier molecular flexibility index (Phi) is 5.60. The average molecular weight is 257 g/mol. The quantitative estimate of drug-likeness (QED) is 0.813. The maximum atomic E-state index is 3.63. The van der Waals surface area contributed by atoms with Gasteiger partial charge in [-0.25, -0.2) is 0 Å². The highest BCUT2D eigenvalue weighted by molar-refractivity contribution is 7.99. The first-order valence-electron chi connectivity index (χ1n) is 7.03. The van der Waals surface area contributed by atoms with Gasteiger partial charge in [0.25, 0.3) is 0 Å². The molecule has 0 bridgehead atoms. The molecule has 2 unspecified atom stereocenters. The minimum atomic E-state index is 0.758. The highest BCUT2D eigenvalue weighted by Gasteiger charge is 2.23. The van der Waals surface area contributed by atoms with Gasteiger partial charge in [0.1, 0.15) is 0 Å². The molecule has 0 spiro atoms. The molecule has 2 fully saturated rings. The Morgan fingerprint density at radius 3 is 2.94 bits per heavy atom. The van der Waals surface area contributed by atoms with Crippen LogP contribution in [0, 0.1) is 0 Å². The zero-order valence-corrected chi connectivity index (χ0v) is 12.1. The summed E-state index contributed by atoms with van der Waals surface area (Å²) >= 11 is 2.11. The molecular formula is C13H27N3S. The van der Waals surface area contributed by atoms with Crippen molar-refractivity contribution in [2.24, 2.45) is 0 Å². The molecule has 0 aromatic rings. The molecule has 4 heteroatoms. The lowest BCUT2D eigenvalue weighted by Gasteiger charge is -2.39. The topological polar surface area (TPSA) is 18.5 Å². The zero-order valence-electron chi connectivity index (χ0n) is 11.3. The molecule has 0 aromatic heterocycles. The summed E-state index contributed by atoms with van der Waals surface area (Å²) in [6.45, 7) is 8.56. The van der Waals surface area contributed by atoms with Gasteiger partial charge in [-0.2, -0.15) is 11.8 Å². The van der Waals surface area contributed by atoms with Gasteiger partial charge in [-0.15, -0.1) is 0 Å². The van der Waals surface area contributed by atoms with Crippen LogP contribution in [0.2, 0.25) is 0 Å². The van der Waals surface area contributed by atoms with Crippen molar-refractivity contribution in [2.75, 3.05) is 51.3 Å². The minimum absolute atomic E-state index is 0.758. The monoisotopic (exact) mass is 257 g/mol. The highest BCUT2D eigenvalue weighted by atomic mass is 32.2. The number of rotatable bonds is 4. The predicted octanol–water partition coefficient (Wildman–Crippen LogP) is 1.11. The van der Waals surface area contributed by atoms with E-state index < -0.39 is 0 Å². The number of hydrogen-bond acceptors (Lipinski definition) is 4. The number of nitrogens with one attached hydrogen (secondary N) is 1. The number of likely N-dealkylation sites (N-methyl/N-ethyl adjacent to an activating group) is 1. The summed E-state index contributed by atoms with van der Waals surface area (Å²) in [5.74, 6) is 2.61. The van der Waals surface area contributed by atoms with Crippen molar-refractivity contribution in [1.29, 1.82) is 0 Å². The Bertz CT molecular complexity index is 219. The van der Waals surface area contributed by atoms with E-state index in [2.05, 4.69) is 40.8 Å². The van der Waals surface area contributed by atoms with Crippen LogP contribution in [0.25, 0.3) is 0 Å². The van der Waals surface area contributed by atoms with Gasteiger partial charge in [-0.3, -0.25) is 0 Å². The third-order valence-corrected chi connectivity index (χ3v) is 5.26. The van der Waals surface area contributed by atoms with Crippen molar-refractivity contribution in [2.45, 2.75) is 31.8 Å². The second-order valence-corrected chi connectivity index (χ2v) is 6.51. The molecule has 100 valence electrons. The lowest BCUT2D eigenvalue weighted by Crippen LogP contribution is -2.52. The Hall–Kier alpha value is 0.230. The summed E-state index contributed by atoms with van der Waals surface area (Å²) in [6, 6.07) is 1.53. The molecule has 0 aromatic carbocycles. The largest absolute Gasteiger partial charge is 0.312 e. The van der Waals surface area contributed by atoms with Crippen LogP contribution in [0.5, 0.6) is 0 Å². The molecule has 2 aliphatic rings. The number of hydrogen-bond donors (Lipinski definition) is 1. The Morgan fingerprint density at radius 2 is 2.24 bits per heavy atom. The van der Waals surface area contributed by atoms with E-state index in [4.69, 9.17) is 0 Å². The van der Waals surface area contributed by atoms with E-state index in [0.717, 1.165) is 12.1 Å². The molecule has 0 radical (unpaired) electrons. The van der Waals surface area contributed by atoms with E-state index >= 15 is 0 Å². The summed E-state index contributed by atoms with van der Waals surface area (Å²) in [4.78, 5) is 5.18. The van der Waals surface area contributed by atoms with E-state index in [0.29, 0.717) is 0 Å². The molecule has 2 aliphatic heterocycles. The third-order valence-electron chi connectivity index (χ3n) is 4.12. The van der Waals surface area contributed by atoms with Gasteiger partial charge in [0.2, 0.25) is 0 Å². The highest BCUT2D eigenvalue weighted by Crippen LogP contribution is 2.14. The van der Waals surface area contributed by atoms with Gasteiger partial charge in [0.15, 0.2) is 0 Å². The SMILES string of the molecule is CCC1CN(CCC2CSCCN2)CCN1C. The van der Waals surface area contributed by atoms with Crippen molar-refractivity contribution >= 4 is 11.8 Å². The third kappa shape index (κ3) is 4.12. The fourth-order valence-electron chi connectivity index (χ4n) is 2.80. The van der Waals surface area contributed by atoms with Crippen LogP contribution >= 0.6 is 11.8 Å². The minimum Gasteiger partial charge on any atom is -0.312 e. The fourth-order valence-corrected chi connectivity index (χ4v) is 3.80. The fraction of sp³-hybridized carbons (Fsp3) is 1.00. The summed E-state index contributed by atoms with van der Waals surface area (Å²) < 4.78 is 0. The van der Waals surface area contributed by atoms with Crippen molar-refractivity contribution < 1.29 is 0 Å². The normalized spacial score (nSPS) is 32.8. The molecule has 0 amide bonds. The molecule has 2 rings (SSSR count). The first-order chi connectivity index (χ1) is 8.29. The van der Waals surface area contributed by atoms with Crippen LogP contribution < -0.4 is 5.32 Å². The van der Waals surface area contributed by atoms with E-state index in [1.54, 1.807) is 0 Å². The Morgan fingerprint density at radius 1 is 1.35 bits per heavy atom. The maximum absolute atomic E-state index is 3.63.